The number of hydrogen-bond donors (Lipinski definition) is 1. The van der Waals surface area contributed by atoms with E-state index < -0.39 is 0 Å². The van der Waals surface area contributed by atoms with Crippen LogP contribution in [0.4, 0.5) is 10.1 Å². The van der Waals surface area contributed by atoms with Crippen LogP contribution in [-0.2, 0) is 17.8 Å². The number of ether oxygens (including phenoxy) is 1. The van der Waals surface area contributed by atoms with Crippen LogP contribution in [0.2, 0.25) is 0 Å². The van der Waals surface area contributed by atoms with Crippen LogP contribution in [0.15, 0.2) is 36.4 Å². The average Bonchev–Trinajstić information content (AvgIpc) is 2.56. The number of anilines is 1. The second kappa shape index (κ2) is 7.77. The van der Waals surface area contributed by atoms with Crippen molar-refractivity contribution in [1.82, 2.24) is 0 Å². The molecule has 3 nitrogen and oxygen atoms in total. The molecule has 2 aromatic rings. The van der Waals surface area contributed by atoms with Crippen LogP contribution < -0.4 is 10.1 Å². The highest BCUT2D eigenvalue weighted by Crippen LogP contribution is 2.25. The molecule has 23 heavy (non-hydrogen) atoms. The Morgan fingerprint density at radius 2 is 1.91 bits per heavy atom. The van der Waals surface area contributed by atoms with Crippen LogP contribution in [-0.4, -0.2) is 5.91 Å². The Hall–Kier alpha value is -2.36. The number of aryl methyl sites for hydroxylation is 2. The molecule has 0 saturated carbocycles. The number of amides is 1. The summed E-state index contributed by atoms with van der Waals surface area (Å²) in [6, 6.07) is 10.6. The Bertz CT molecular complexity index is 698. The molecule has 1 amide bonds. The number of halogens is 1. The maximum Gasteiger partial charge on any atom is 0.224 e. The van der Waals surface area contributed by atoms with Gasteiger partial charge in [-0.05, 0) is 42.7 Å². The summed E-state index contributed by atoms with van der Waals surface area (Å²) in [5.41, 5.74) is 3.49. The third-order valence-electron chi connectivity index (χ3n) is 3.77. The maximum atomic E-state index is 14.1. The molecule has 4 heteroatoms. The van der Waals surface area contributed by atoms with Gasteiger partial charge in [-0.2, -0.15) is 0 Å². The zero-order chi connectivity index (χ0) is 16.8. The van der Waals surface area contributed by atoms with E-state index in [1.807, 2.05) is 38.1 Å². The van der Waals surface area contributed by atoms with Crippen LogP contribution in [0.5, 0.6) is 5.75 Å². The number of benzene rings is 2. The molecule has 0 aliphatic heterocycles. The molecule has 1 N–H and O–H groups in total. The number of para-hydroxylation sites is 1. The van der Waals surface area contributed by atoms with Crippen molar-refractivity contribution in [2.75, 3.05) is 5.32 Å². The first kappa shape index (κ1) is 17.0. The lowest BCUT2D eigenvalue weighted by Crippen LogP contribution is -2.12. The van der Waals surface area contributed by atoms with E-state index in [2.05, 4.69) is 5.32 Å². The fourth-order valence-corrected chi connectivity index (χ4v) is 2.35. The van der Waals surface area contributed by atoms with E-state index in [1.54, 1.807) is 13.0 Å². The molecule has 0 radical (unpaired) electrons. The Morgan fingerprint density at radius 1 is 1.17 bits per heavy atom. The summed E-state index contributed by atoms with van der Waals surface area (Å²) in [6.45, 7) is 5.93. The minimum atomic E-state index is -0.359. The van der Waals surface area contributed by atoms with Crippen molar-refractivity contribution in [3.8, 4) is 5.75 Å². The topological polar surface area (TPSA) is 38.3 Å². The van der Waals surface area contributed by atoms with E-state index in [-0.39, 0.29) is 24.1 Å². The third kappa shape index (κ3) is 4.31. The fraction of sp³-hybridized carbons (Fsp3) is 0.316. The molecule has 0 aliphatic carbocycles. The number of carbonyl (C=O) groups is 1. The molecular weight excluding hydrogens is 293 g/mol. The van der Waals surface area contributed by atoms with E-state index in [9.17, 15) is 9.18 Å². The van der Waals surface area contributed by atoms with Crippen molar-refractivity contribution in [2.45, 2.75) is 40.2 Å². The van der Waals surface area contributed by atoms with E-state index in [0.29, 0.717) is 12.1 Å². The van der Waals surface area contributed by atoms with Gasteiger partial charge in [0.1, 0.15) is 6.61 Å². The summed E-state index contributed by atoms with van der Waals surface area (Å²) in [5, 5.41) is 2.83. The molecule has 0 aromatic heterocycles. The van der Waals surface area contributed by atoms with Gasteiger partial charge in [0.15, 0.2) is 11.6 Å². The van der Waals surface area contributed by atoms with Gasteiger partial charge >= 0.3 is 0 Å². The van der Waals surface area contributed by atoms with Crippen molar-refractivity contribution in [1.29, 1.82) is 0 Å². The largest absolute Gasteiger partial charge is 0.486 e. The van der Waals surface area contributed by atoms with Crippen molar-refractivity contribution < 1.29 is 13.9 Å². The monoisotopic (exact) mass is 315 g/mol. The minimum Gasteiger partial charge on any atom is -0.486 e. The number of hydrogen-bond acceptors (Lipinski definition) is 2. The van der Waals surface area contributed by atoms with Crippen LogP contribution in [0.3, 0.4) is 0 Å². The van der Waals surface area contributed by atoms with Crippen LogP contribution in [0.1, 0.15) is 37.0 Å². The van der Waals surface area contributed by atoms with Gasteiger partial charge in [0.05, 0.1) is 0 Å². The smallest absolute Gasteiger partial charge is 0.224 e. The first-order valence-electron chi connectivity index (χ1n) is 7.84. The van der Waals surface area contributed by atoms with Crippen molar-refractivity contribution in [3.05, 3.63) is 58.9 Å². The van der Waals surface area contributed by atoms with E-state index in [0.717, 1.165) is 23.1 Å². The average molecular weight is 315 g/mol. The quantitative estimate of drug-likeness (QED) is 0.844. The predicted molar refractivity (Wildman–Crippen MR) is 90.2 cm³/mol. The van der Waals surface area contributed by atoms with Gasteiger partial charge in [0.25, 0.3) is 0 Å². The lowest BCUT2D eigenvalue weighted by Gasteiger charge is -2.13. The molecular formula is C19H22FNO2. The molecule has 0 unspecified atom stereocenters. The molecule has 0 fully saturated rings. The second-order valence-electron chi connectivity index (χ2n) is 5.41. The standard InChI is InChI=1S/C19H22FNO2/c1-4-14-11-16(20)18(10-13(14)3)23-12-15-8-6-7-9-17(15)21-19(22)5-2/h6-11H,4-5,12H2,1-3H3,(H,21,22). The van der Waals surface area contributed by atoms with Crippen LogP contribution in [0.25, 0.3) is 0 Å². The Balaban J connectivity index is 2.15. The fourth-order valence-electron chi connectivity index (χ4n) is 2.35. The first-order chi connectivity index (χ1) is 11.0. The van der Waals surface area contributed by atoms with Gasteiger partial charge < -0.3 is 10.1 Å². The zero-order valence-electron chi connectivity index (χ0n) is 13.8. The van der Waals surface area contributed by atoms with Gasteiger partial charge in [-0.25, -0.2) is 4.39 Å². The summed E-state index contributed by atoms with van der Waals surface area (Å²) in [5.74, 6) is -0.189. The molecule has 2 aromatic carbocycles. The van der Waals surface area contributed by atoms with Gasteiger partial charge in [0, 0.05) is 17.7 Å². The number of rotatable bonds is 6. The molecule has 2 rings (SSSR count). The summed E-state index contributed by atoms with van der Waals surface area (Å²) in [7, 11) is 0. The minimum absolute atomic E-state index is 0.0632. The molecule has 0 heterocycles. The predicted octanol–water partition coefficient (Wildman–Crippen LogP) is 4.62. The summed E-state index contributed by atoms with van der Waals surface area (Å²) in [4.78, 5) is 11.6. The summed E-state index contributed by atoms with van der Waals surface area (Å²) >= 11 is 0. The van der Waals surface area contributed by atoms with Crippen LogP contribution in [0, 0.1) is 12.7 Å². The van der Waals surface area contributed by atoms with E-state index in [4.69, 9.17) is 4.74 Å². The Labute approximate surface area is 136 Å². The summed E-state index contributed by atoms with van der Waals surface area (Å²) in [6.07, 6.45) is 1.19. The molecule has 0 aliphatic rings. The number of nitrogens with one attached hydrogen (secondary N) is 1. The first-order valence-corrected chi connectivity index (χ1v) is 7.84. The van der Waals surface area contributed by atoms with E-state index in [1.165, 1.54) is 6.07 Å². The Kier molecular flexibility index (Phi) is 5.74. The molecule has 0 bridgehead atoms. The molecule has 0 spiro atoms. The number of carbonyl (C=O) groups excluding carboxylic acids is 1. The van der Waals surface area contributed by atoms with Crippen molar-refractivity contribution >= 4 is 11.6 Å². The van der Waals surface area contributed by atoms with Gasteiger partial charge in [-0.3, -0.25) is 4.79 Å². The summed E-state index contributed by atoms with van der Waals surface area (Å²) < 4.78 is 19.7. The van der Waals surface area contributed by atoms with Gasteiger partial charge in [-0.15, -0.1) is 0 Å². The van der Waals surface area contributed by atoms with Gasteiger partial charge in [-0.1, -0.05) is 32.0 Å². The van der Waals surface area contributed by atoms with Gasteiger partial charge in [0.2, 0.25) is 5.91 Å². The van der Waals surface area contributed by atoms with E-state index >= 15 is 0 Å². The van der Waals surface area contributed by atoms with Crippen molar-refractivity contribution in [2.24, 2.45) is 0 Å². The molecule has 0 saturated heterocycles. The molecule has 0 atom stereocenters. The highest BCUT2D eigenvalue weighted by Gasteiger charge is 2.10. The zero-order valence-corrected chi connectivity index (χ0v) is 13.8. The van der Waals surface area contributed by atoms with Crippen LogP contribution >= 0.6 is 0 Å². The normalized spacial score (nSPS) is 10.4. The van der Waals surface area contributed by atoms with Crippen molar-refractivity contribution in [3.63, 3.8) is 0 Å². The SMILES string of the molecule is CCC(=O)Nc1ccccc1COc1cc(C)c(CC)cc1F. The molecule has 122 valence electrons. The Morgan fingerprint density at radius 3 is 2.61 bits per heavy atom. The highest BCUT2D eigenvalue weighted by molar-refractivity contribution is 5.91. The lowest BCUT2D eigenvalue weighted by molar-refractivity contribution is -0.115. The maximum absolute atomic E-state index is 14.1. The third-order valence-corrected chi connectivity index (χ3v) is 3.77. The highest BCUT2D eigenvalue weighted by atomic mass is 19.1. The second-order valence-corrected chi connectivity index (χ2v) is 5.41. The lowest BCUT2D eigenvalue weighted by atomic mass is 10.1.